The summed E-state index contributed by atoms with van der Waals surface area (Å²) in [5.74, 6) is 0.897. The lowest BCUT2D eigenvalue weighted by Gasteiger charge is -2.19. The van der Waals surface area contributed by atoms with Crippen molar-refractivity contribution in [1.29, 1.82) is 0 Å². The molecule has 0 amide bonds. The number of ether oxygens (including phenoxy) is 1. The number of hydrogen-bond acceptors (Lipinski definition) is 3. The van der Waals surface area contributed by atoms with Crippen molar-refractivity contribution in [3.05, 3.63) is 58.3 Å². The lowest BCUT2D eigenvalue weighted by molar-refractivity contribution is 0.413. The molecule has 0 aliphatic carbocycles. The molecule has 0 saturated carbocycles. The molecule has 0 spiro atoms. The highest BCUT2D eigenvalue weighted by molar-refractivity contribution is 9.10. The van der Waals surface area contributed by atoms with Crippen molar-refractivity contribution in [3.63, 3.8) is 0 Å². The summed E-state index contributed by atoms with van der Waals surface area (Å²) >= 11 is 3.50. The van der Waals surface area contributed by atoms with Crippen LogP contribution in [0.1, 0.15) is 30.5 Å². The summed E-state index contributed by atoms with van der Waals surface area (Å²) in [6.45, 7) is 3.16. The Balaban J connectivity index is 2.19. The first-order valence-corrected chi connectivity index (χ1v) is 7.99. The number of rotatable bonds is 7. The number of nitrogens with zero attached hydrogens (tertiary/aromatic N) is 1. The van der Waals surface area contributed by atoms with Crippen molar-refractivity contribution in [2.75, 3.05) is 13.7 Å². The minimum Gasteiger partial charge on any atom is -0.497 e. The standard InChI is InChI=1S/C17H21BrN2O/c1-3-7-20-17(14-10-15(18)12-19-11-14)9-13-5-4-6-16(8-13)21-2/h4-6,8,10-12,17,20H,3,7,9H2,1-2H3. The smallest absolute Gasteiger partial charge is 0.119 e. The number of halogens is 1. The second kappa shape index (κ2) is 8.15. The van der Waals surface area contributed by atoms with Crippen LogP contribution in [0.15, 0.2) is 47.2 Å². The van der Waals surface area contributed by atoms with E-state index < -0.39 is 0 Å². The SMILES string of the molecule is CCCNC(Cc1cccc(OC)c1)c1cncc(Br)c1. The molecule has 1 N–H and O–H groups in total. The van der Waals surface area contributed by atoms with E-state index in [1.54, 1.807) is 7.11 Å². The molecule has 3 nitrogen and oxygen atoms in total. The van der Waals surface area contributed by atoms with E-state index in [0.29, 0.717) is 0 Å². The molecular formula is C17H21BrN2O. The monoisotopic (exact) mass is 348 g/mol. The zero-order valence-corrected chi connectivity index (χ0v) is 14.1. The highest BCUT2D eigenvalue weighted by atomic mass is 79.9. The van der Waals surface area contributed by atoms with Crippen LogP contribution in [0.2, 0.25) is 0 Å². The highest BCUT2D eigenvalue weighted by Crippen LogP contribution is 2.22. The van der Waals surface area contributed by atoms with Gasteiger partial charge in [-0.3, -0.25) is 4.98 Å². The summed E-state index contributed by atoms with van der Waals surface area (Å²) in [6, 6.07) is 10.6. The van der Waals surface area contributed by atoms with E-state index >= 15 is 0 Å². The summed E-state index contributed by atoms with van der Waals surface area (Å²) in [5.41, 5.74) is 2.45. The Morgan fingerprint density at radius 3 is 2.86 bits per heavy atom. The summed E-state index contributed by atoms with van der Waals surface area (Å²) < 4.78 is 6.31. The summed E-state index contributed by atoms with van der Waals surface area (Å²) in [5, 5.41) is 3.60. The molecule has 2 rings (SSSR count). The van der Waals surface area contributed by atoms with Crippen LogP contribution < -0.4 is 10.1 Å². The van der Waals surface area contributed by atoms with Crippen molar-refractivity contribution < 1.29 is 4.74 Å². The fourth-order valence-corrected chi connectivity index (χ4v) is 2.66. The van der Waals surface area contributed by atoms with Gasteiger partial charge in [-0.25, -0.2) is 0 Å². The van der Waals surface area contributed by atoms with Crippen LogP contribution in [-0.4, -0.2) is 18.6 Å². The first-order chi connectivity index (χ1) is 10.2. The molecule has 0 radical (unpaired) electrons. The molecular weight excluding hydrogens is 328 g/mol. The largest absolute Gasteiger partial charge is 0.497 e. The van der Waals surface area contributed by atoms with Gasteiger partial charge in [-0.2, -0.15) is 0 Å². The van der Waals surface area contributed by atoms with Gasteiger partial charge >= 0.3 is 0 Å². The van der Waals surface area contributed by atoms with Crippen LogP contribution in [0.25, 0.3) is 0 Å². The lowest BCUT2D eigenvalue weighted by Crippen LogP contribution is -2.24. The van der Waals surface area contributed by atoms with Crippen LogP contribution in [0.3, 0.4) is 0 Å². The van der Waals surface area contributed by atoms with Gasteiger partial charge in [0.05, 0.1) is 7.11 Å². The molecule has 1 aromatic carbocycles. The number of methoxy groups -OCH3 is 1. The van der Waals surface area contributed by atoms with Gasteiger partial charge in [-0.05, 0) is 64.6 Å². The Morgan fingerprint density at radius 2 is 2.14 bits per heavy atom. The zero-order valence-electron chi connectivity index (χ0n) is 12.5. The van der Waals surface area contributed by atoms with Crippen LogP contribution in [0, 0.1) is 0 Å². The minimum atomic E-state index is 0.252. The Labute approximate surface area is 134 Å². The number of benzene rings is 1. The third kappa shape index (κ3) is 4.83. The molecule has 2 aromatic rings. The van der Waals surface area contributed by atoms with Gasteiger partial charge in [-0.15, -0.1) is 0 Å². The third-order valence-electron chi connectivity index (χ3n) is 3.34. The quantitative estimate of drug-likeness (QED) is 0.816. The fourth-order valence-electron chi connectivity index (χ4n) is 2.28. The predicted octanol–water partition coefficient (Wildman–Crippen LogP) is 4.14. The summed E-state index contributed by atoms with van der Waals surface area (Å²) in [7, 11) is 1.70. The number of hydrogen-bond donors (Lipinski definition) is 1. The number of aromatic nitrogens is 1. The summed E-state index contributed by atoms with van der Waals surface area (Å²) in [4.78, 5) is 4.28. The van der Waals surface area contributed by atoms with Gasteiger partial charge in [0.2, 0.25) is 0 Å². The second-order valence-corrected chi connectivity index (χ2v) is 5.91. The number of pyridine rings is 1. The molecule has 21 heavy (non-hydrogen) atoms. The topological polar surface area (TPSA) is 34.1 Å². The highest BCUT2D eigenvalue weighted by Gasteiger charge is 2.13. The van der Waals surface area contributed by atoms with E-state index in [4.69, 9.17) is 4.74 Å². The molecule has 1 unspecified atom stereocenters. The first kappa shape index (κ1) is 16.0. The molecule has 1 atom stereocenters. The summed E-state index contributed by atoms with van der Waals surface area (Å²) in [6.07, 6.45) is 5.76. The molecule has 0 fully saturated rings. The van der Waals surface area contributed by atoms with Crippen molar-refractivity contribution in [2.24, 2.45) is 0 Å². The van der Waals surface area contributed by atoms with E-state index in [9.17, 15) is 0 Å². The molecule has 112 valence electrons. The molecule has 0 aliphatic rings. The van der Waals surface area contributed by atoms with E-state index in [1.165, 1.54) is 11.1 Å². The first-order valence-electron chi connectivity index (χ1n) is 7.19. The van der Waals surface area contributed by atoms with Gasteiger partial charge in [0, 0.05) is 22.9 Å². The van der Waals surface area contributed by atoms with Crippen molar-refractivity contribution in [1.82, 2.24) is 10.3 Å². The van der Waals surface area contributed by atoms with Crippen LogP contribution in [0.4, 0.5) is 0 Å². The van der Waals surface area contributed by atoms with Gasteiger partial charge in [-0.1, -0.05) is 19.1 Å². The van der Waals surface area contributed by atoms with Gasteiger partial charge in [0.15, 0.2) is 0 Å². The average Bonchev–Trinajstić information content (AvgIpc) is 2.51. The molecule has 0 bridgehead atoms. The molecule has 1 aromatic heterocycles. The maximum absolute atomic E-state index is 5.30. The maximum atomic E-state index is 5.30. The van der Waals surface area contributed by atoms with Gasteiger partial charge in [0.1, 0.15) is 5.75 Å². The lowest BCUT2D eigenvalue weighted by atomic mass is 10.00. The Kier molecular flexibility index (Phi) is 6.21. The Bertz CT molecular complexity index is 574. The predicted molar refractivity (Wildman–Crippen MR) is 89.7 cm³/mol. The van der Waals surface area contributed by atoms with Crippen molar-refractivity contribution >= 4 is 15.9 Å². The van der Waals surface area contributed by atoms with E-state index in [1.807, 2.05) is 24.5 Å². The molecule has 1 heterocycles. The fraction of sp³-hybridized carbons (Fsp3) is 0.353. The molecule has 0 saturated heterocycles. The van der Waals surface area contributed by atoms with Crippen molar-refractivity contribution in [3.8, 4) is 5.75 Å². The van der Waals surface area contributed by atoms with Crippen LogP contribution in [0.5, 0.6) is 5.75 Å². The normalized spacial score (nSPS) is 12.1. The van der Waals surface area contributed by atoms with E-state index in [2.05, 4.69) is 51.4 Å². The maximum Gasteiger partial charge on any atom is 0.119 e. The second-order valence-electron chi connectivity index (χ2n) is 5.00. The number of nitrogens with one attached hydrogen (secondary N) is 1. The Hall–Kier alpha value is -1.39. The molecule has 4 heteroatoms. The molecule has 0 aliphatic heterocycles. The van der Waals surface area contributed by atoms with E-state index in [-0.39, 0.29) is 6.04 Å². The van der Waals surface area contributed by atoms with Gasteiger partial charge in [0.25, 0.3) is 0 Å². The average molecular weight is 349 g/mol. The zero-order chi connectivity index (χ0) is 15.1. The van der Waals surface area contributed by atoms with E-state index in [0.717, 1.165) is 29.6 Å². The Morgan fingerprint density at radius 1 is 1.29 bits per heavy atom. The van der Waals surface area contributed by atoms with Crippen molar-refractivity contribution in [2.45, 2.75) is 25.8 Å². The van der Waals surface area contributed by atoms with Crippen LogP contribution in [-0.2, 0) is 6.42 Å². The minimum absolute atomic E-state index is 0.252. The van der Waals surface area contributed by atoms with Crippen LogP contribution >= 0.6 is 15.9 Å². The third-order valence-corrected chi connectivity index (χ3v) is 3.78. The van der Waals surface area contributed by atoms with Gasteiger partial charge < -0.3 is 10.1 Å².